The van der Waals surface area contributed by atoms with Crippen LogP contribution in [0.2, 0.25) is 0 Å². The van der Waals surface area contributed by atoms with Gasteiger partial charge in [0.2, 0.25) is 0 Å². The molecule has 0 radical (unpaired) electrons. The molecule has 0 unspecified atom stereocenters. The molecule has 0 bridgehead atoms. The summed E-state index contributed by atoms with van der Waals surface area (Å²) < 4.78 is 2.03. The second-order valence-corrected chi connectivity index (χ2v) is 11.6. The van der Waals surface area contributed by atoms with E-state index in [2.05, 4.69) is 67.1 Å². The third-order valence-corrected chi connectivity index (χ3v) is 7.84. The number of carbonyl (C=O) groups excluding carboxylic acids is 1. The number of phenols is 1. The molecule has 0 saturated heterocycles. The van der Waals surface area contributed by atoms with Crippen molar-refractivity contribution in [3.63, 3.8) is 0 Å². The Morgan fingerprint density at radius 2 is 1.53 bits per heavy atom. The molecule has 0 saturated carbocycles. The average Bonchev–Trinajstić information content (AvgIpc) is 3.34. The molecule has 0 amide bonds. The predicted octanol–water partition coefficient (Wildman–Crippen LogP) is 8.43. The quantitative estimate of drug-likeness (QED) is 0.145. The van der Waals surface area contributed by atoms with E-state index in [1.54, 1.807) is 24.4 Å². The van der Waals surface area contributed by atoms with Crippen LogP contribution in [0, 0.1) is 6.07 Å². The van der Waals surface area contributed by atoms with Crippen LogP contribution in [-0.2, 0) is 26.5 Å². The first kappa shape index (κ1) is 28.5. The van der Waals surface area contributed by atoms with Crippen molar-refractivity contribution < 1.29 is 31.0 Å². The van der Waals surface area contributed by atoms with Gasteiger partial charge in [-0.25, -0.2) is 4.98 Å². The number of hydrogen-bond acceptors (Lipinski definition) is 4. The van der Waals surface area contributed by atoms with Gasteiger partial charge in [0, 0.05) is 38.2 Å². The number of carbonyl (C=O) groups is 1. The SMILES string of the molecule is CC(C)(C)c1ccc(-c2ccc(O)c3nc(C(=O)c4[c-]c5c(cc4)c4ccccc4n5-c4ccccn4)ccc23)cc1.[Pt]. The summed E-state index contributed by atoms with van der Waals surface area (Å²) in [5.74, 6) is 0.516. The Labute approximate surface area is 264 Å². The van der Waals surface area contributed by atoms with E-state index in [0.29, 0.717) is 11.1 Å². The van der Waals surface area contributed by atoms with Crippen molar-refractivity contribution in [2.75, 3.05) is 0 Å². The number of phenolic OH excluding ortho intramolecular Hbond substituents is 1. The summed E-state index contributed by atoms with van der Waals surface area (Å²) in [6.45, 7) is 6.56. The van der Waals surface area contributed by atoms with Crippen LogP contribution in [-0.4, -0.2) is 25.4 Å². The van der Waals surface area contributed by atoms with Crippen LogP contribution in [0.3, 0.4) is 0 Å². The predicted molar refractivity (Wildman–Crippen MR) is 168 cm³/mol. The molecular weight excluding hydrogens is 714 g/mol. The molecule has 6 heteroatoms. The Hall–Kier alpha value is -4.60. The summed E-state index contributed by atoms with van der Waals surface area (Å²) >= 11 is 0. The summed E-state index contributed by atoms with van der Waals surface area (Å²) in [5.41, 5.74) is 6.06. The van der Waals surface area contributed by atoms with E-state index >= 15 is 0 Å². The zero-order chi connectivity index (χ0) is 29.0. The smallest absolute Gasteiger partial charge is 0.141 e. The fraction of sp³-hybridized carbons (Fsp3) is 0.108. The van der Waals surface area contributed by atoms with Gasteiger partial charge in [0.05, 0.1) is 5.69 Å². The van der Waals surface area contributed by atoms with Crippen molar-refractivity contribution in [3.8, 4) is 22.7 Å². The molecule has 5 nitrogen and oxygen atoms in total. The van der Waals surface area contributed by atoms with Crippen LogP contribution >= 0.6 is 0 Å². The van der Waals surface area contributed by atoms with Gasteiger partial charge < -0.3 is 14.5 Å². The molecule has 0 spiro atoms. The third kappa shape index (κ3) is 4.94. The van der Waals surface area contributed by atoms with Gasteiger partial charge in [-0.3, -0.25) is 4.98 Å². The van der Waals surface area contributed by atoms with Gasteiger partial charge in [0.1, 0.15) is 22.9 Å². The van der Waals surface area contributed by atoms with Crippen molar-refractivity contribution in [1.82, 2.24) is 14.5 Å². The molecule has 7 aromatic rings. The number of benzene rings is 4. The maximum atomic E-state index is 13.8. The molecular formula is C37H28N3O2Pt-. The standard InChI is InChI=1S/C37H28N3O2.Pt/c1-37(2,3)25-14-11-23(12-15-25)26-18-20-33(41)35-29(26)17-19-30(39-35)36(42)24-13-16-28-27-8-4-5-9-31(27)40(32(28)22-24)34-10-6-7-21-38-34;/h4-21,41H,1-3H3;/q-1;. The van der Waals surface area contributed by atoms with Gasteiger partial charge in [0.25, 0.3) is 0 Å². The Bertz CT molecular complexity index is 2140. The number of nitrogens with zero attached hydrogens (tertiary/aromatic N) is 3. The third-order valence-electron chi connectivity index (χ3n) is 7.84. The molecule has 0 aliphatic carbocycles. The number of aromatic hydroxyl groups is 1. The fourth-order valence-corrected chi connectivity index (χ4v) is 5.62. The Morgan fingerprint density at radius 3 is 2.28 bits per heavy atom. The van der Waals surface area contributed by atoms with Gasteiger partial charge in [-0.05, 0) is 69.4 Å². The zero-order valence-corrected chi connectivity index (χ0v) is 26.2. The van der Waals surface area contributed by atoms with Crippen LogP contribution in [0.4, 0.5) is 0 Å². The second kappa shape index (κ2) is 10.9. The van der Waals surface area contributed by atoms with Crippen molar-refractivity contribution >= 4 is 38.5 Å². The summed E-state index contributed by atoms with van der Waals surface area (Å²) in [5, 5.41) is 13.6. The van der Waals surface area contributed by atoms with Crippen molar-refractivity contribution in [1.29, 1.82) is 0 Å². The summed E-state index contributed by atoms with van der Waals surface area (Å²) in [6.07, 6.45) is 1.75. The molecule has 0 fully saturated rings. The number of aromatic nitrogens is 3. The Kier molecular flexibility index (Phi) is 7.23. The minimum atomic E-state index is -0.268. The van der Waals surface area contributed by atoms with Crippen LogP contribution < -0.4 is 0 Å². The number of hydrogen-bond donors (Lipinski definition) is 1. The minimum absolute atomic E-state index is 0. The minimum Gasteiger partial charge on any atom is -0.506 e. The Balaban J connectivity index is 0.00000329. The van der Waals surface area contributed by atoms with Crippen LogP contribution in [0.25, 0.3) is 49.7 Å². The number of rotatable bonds is 4. The van der Waals surface area contributed by atoms with E-state index in [-0.39, 0.29) is 43.7 Å². The summed E-state index contributed by atoms with van der Waals surface area (Å²) in [6, 6.07) is 36.6. The molecule has 0 atom stereocenters. The summed E-state index contributed by atoms with van der Waals surface area (Å²) in [4.78, 5) is 23.0. The van der Waals surface area contributed by atoms with E-state index in [9.17, 15) is 9.90 Å². The van der Waals surface area contributed by atoms with Gasteiger partial charge >= 0.3 is 0 Å². The molecule has 0 aliphatic heterocycles. The number of pyridine rings is 2. The first-order chi connectivity index (χ1) is 20.3. The topological polar surface area (TPSA) is 68.0 Å². The maximum absolute atomic E-state index is 13.8. The molecule has 43 heavy (non-hydrogen) atoms. The van der Waals surface area contributed by atoms with Gasteiger partial charge in [-0.15, -0.1) is 18.2 Å². The van der Waals surface area contributed by atoms with E-state index in [4.69, 9.17) is 0 Å². The largest absolute Gasteiger partial charge is 0.506 e. The molecule has 3 aromatic heterocycles. The monoisotopic (exact) mass is 741 g/mol. The Morgan fingerprint density at radius 1 is 0.791 bits per heavy atom. The van der Waals surface area contributed by atoms with Crippen LogP contribution in [0.1, 0.15) is 42.4 Å². The van der Waals surface area contributed by atoms with Crippen molar-refractivity contribution in [2.45, 2.75) is 26.2 Å². The molecule has 0 aliphatic rings. The molecule has 7 rings (SSSR count). The van der Waals surface area contributed by atoms with Gasteiger partial charge in [-0.2, -0.15) is 0 Å². The summed E-state index contributed by atoms with van der Waals surface area (Å²) in [7, 11) is 0. The maximum Gasteiger partial charge on any atom is 0.141 e. The molecule has 3 heterocycles. The molecule has 1 N–H and O–H groups in total. The van der Waals surface area contributed by atoms with E-state index < -0.39 is 0 Å². The molecule has 214 valence electrons. The molecule has 4 aromatic carbocycles. The van der Waals surface area contributed by atoms with Crippen molar-refractivity contribution in [2.24, 2.45) is 0 Å². The van der Waals surface area contributed by atoms with E-state index in [0.717, 1.165) is 44.1 Å². The second-order valence-electron chi connectivity index (χ2n) is 11.6. The van der Waals surface area contributed by atoms with Gasteiger partial charge in [0.15, 0.2) is 0 Å². The number of para-hydroxylation sites is 1. The number of ketones is 1. The fourth-order valence-electron chi connectivity index (χ4n) is 5.62. The number of fused-ring (bicyclic) bond motifs is 4. The van der Waals surface area contributed by atoms with Crippen LogP contribution in [0.15, 0.2) is 109 Å². The first-order valence-corrected chi connectivity index (χ1v) is 13.9. The normalized spacial score (nSPS) is 11.6. The first-order valence-electron chi connectivity index (χ1n) is 13.9. The zero-order valence-electron chi connectivity index (χ0n) is 23.9. The van der Waals surface area contributed by atoms with Crippen LogP contribution in [0.5, 0.6) is 5.75 Å². The van der Waals surface area contributed by atoms with E-state index in [1.165, 1.54) is 5.56 Å². The average molecular weight is 742 g/mol. The van der Waals surface area contributed by atoms with Crippen molar-refractivity contribution in [3.05, 3.63) is 132 Å². The van der Waals surface area contributed by atoms with Gasteiger partial charge in [-0.1, -0.05) is 86.3 Å². The van der Waals surface area contributed by atoms with E-state index in [1.807, 2.05) is 59.2 Å².